The second kappa shape index (κ2) is 7.78. The minimum Gasteiger partial charge on any atom is -0.467 e. The molecule has 2 aromatic rings. The Kier molecular flexibility index (Phi) is 6.03. The van der Waals surface area contributed by atoms with Crippen molar-refractivity contribution in [2.24, 2.45) is 0 Å². The van der Waals surface area contributed by atoms with E-state index in [0.717, 1.165) is 15.6 Å². The van der Waals surface area contributed by atoms with Gasteiger partial charge < -0.3 is 14.2 Å². The predicted molar refractivity (Wildman–Crippen MR) is 89.1 cm³/mol. The third-order valence-corrected chi connectivity index (χ3v) is 3.78. The van der Waals surface area contributed by atoms with Crippen molar-refractivity contribution < 1.29 is 14.2 Å². The maximum Gasteiger partial charge on any atom is 0.189 e. The van der Waals surface area contributed by atoms with Crippen molar-refractivity contribution in [3.05, 3.63) is 40.4 Å². The van der Waals surface area contributed by atoms with E-state index in [2.05, 4.69) is 54.0 Å². The van der Waals surface area contributed by atoms with Crippen LogP contribution in [0.25, 0.3) is 10.8 Å². The Morgan fingerprint density at radius 3 is 2.57 bits per heavy atom. The Bertz CT molecular complexity index is 596. The van der Waals surface area contributed by atoms with Gasteiger partial charge in [0, 0.05) is 11.6 Å². The number of benzene rings is 2. The first-order chi connectivity index (χ1) is 10.1. The Morgan fingerprint density at radius 1 is 1.05 bits per heavy atom. The van der Waals surface area contributed by atoms with Crippen LogP contribution in [-0.4, -0.2) is 27.1 Å². The van der Waals surface area contributed by atoms with Crippen LogP contribution in [0.5, 0.6) is 5.75 Å². The average Bonchev–Trinajstić information content (AvgIpc) is 2.46. The summed E-state index contributed by atoms with van der Waals surface area (Å²) in [6, 6.07) is 10.5. The zero-order chi connectivity index (χ0) is 15.2. The molecule has 0 aliphatic heterocycles. The van der Waals surface area contributed by atoms with Crippen molar-refractivity contribution in [3.8, 4) is 5.75 Å². The van der Waals surface area contributed by atoms with Gasteiger partial charge in [-0.3, -0.25) is 0 Å². The molecule has 0 aliphatic rings. The van der Waals surface area contributed by atoms with Crippen LogP contribution >= 0.6 is 15.9 Å². The van der Waals surface area contributed by atoms with E-state index in [-0.39, 0.29) is 6.79 Å². The Labute approximate surface area is 134 Å². The molecule has 0 atom stereocenters. The molecule has 4 heteroatoms. The second-order valence-electron chi connectivity index (χ2n) is 5.20. The monoisotopic (exact) mass is 352 g/mol. The highest BCUT2D eigenvalue weighted by molar-refractivity contribution is 9.10. The zero-order valence-corrected chi connectivity index (χ0v) is 14.3. The van der Waals surface area contributed by atoms with E-state index in [0.29, 0.717) is 19.1 Å². The standard InChI is InChI=1S/C17H21BrO3/c1-12(2)16-9-14-8-15(18)5-4-13(14)10-17(16)21-11-20-7-6-19-3/h4-5,8-10,12H,6-7,11H2,1-3H3. The number of methoxy groups -OCH3 is 1. The van der Waals surface area contributed by atoms with Crippen LogP contribution < -0.4 is 4.74 Å². The molecule has 0 heterocycles. The highest BCUT2D eigenvalue weighted by Gasteiger charge is 2.10. The molecule has 2 aromatic carbocycles. The first-order valence-electron chi connectivity index (χ1n) is 7.04. The molecule has 0 fully saturated rings. The van der Waals surface area contributed by atoms with Gasteiger partial charge in [0.25, 0.3) is 0 Å². The summed E-state index contributed by atoms with van der Waals surface area (Å²) in [7, 11) is 1.66. The second-order valence-corrected chi connectivity index (χ2v) is 6.12. The minimum absolute atomic E-state index is 0.241. The molecule has 0 N–H and O–H groups in total. The average molecular weight is 353 g/mol. The van der Waals surface area contributed by atoms with Gasteiger partial charge in [-0.15, -0.1) is 0 Å². The van der Waals surface area contributed by atoms with Crippen LogP contribution in [0.15, 0.2) is 34.8 Å². The molecule has 0 bridgehead atoms. The summed E-state index contributed by atoms with van der Waals surface area (Å²) < 4.78 is 17.2. The van der Waals surface area contributed by atoms with Crippen molar-refractivity contribution in [2.45, 2.75) is 19.8 Å². The highest BCUT2D eigenvalue weighted by Crippen LogP contribution is 2.32. The molecule has 21 heavy (non-hydrogen) atoms. The van der Waals surface area contributed by atoms with Gasteiger partial charge in [0.1, 0.15) is 5.75 Å². The van der Waals surface area contributed by atoms with Gasteiger partial charge in [0.05, 0.1) is 13.2 Å². The molecule has 114 valence electrons. The number of fused-ring (bicyclic) bond motifs is 1. The van der Waals surface area contributed by atoms with Crippen molar-refractivity contribution >= 4 is 26.7 Å². The molecule has 0 amide bonds. The summed E-state index contributed by atoms with van der Waals surface area (Å²) in [5, 5.41) is 2.37. The van der Waals surface area contributed by atoms with Crippen LogP contribution in [0, 0.1) is 0 Å². The van der Waals surface area contributed by atoms with Crippen molar-refractivity contribution in [1.29, 1.82) is 0 Å². The lowest BCUT2D eigenvalue weighted by molar-refractivity contribution is -0.00888. The quantitative estimate of drug-likeness (QED) is 0.532. The smallest absolute Gasteiger partial charge is 0.189 e. The molecule has 3 nitrogen and oxygen atoms in total. The van der Waals surface area contributed by atoms with E-state index < -0.39 is 0 Å². The highest BCUT2D eigenvalue weighted by atomic mass is 79.9. The zero-order valence-electron chi connectivity index (χ0n) is 12.7. The number of hydrogen-bond donors (Lipinski definition) is 0. The maximum absolute atomic E-state index is 5.79. The van der Waals surface area contributed by atoms with E-state index in [1.54, 1.807) is 7.11 Å². The molecular weight excluding hydrogens is 332 g/mol. The lowest BCUT2D eigenvalue weighted by Gasteiger charge is -2.16. The Morgan fingerprint density at radius 2 is 1.86 bits per heavy atom. The molecule has 0 unspecified atom stereocenters. The molecule has 0 saturated heterocycles. The lowest BCUT2D eigenvalue weighted by atomic mass is 9.98. The molecule has 0 spiro atoms. The fourth-order valence-corrected chi connectivity index (χ4v) is 2.53. The number of ether oxygens (including phenoxy) is 3. The molecule has 0 aromatic heterocycles. The normalized spacial score (nSPS) is 11.3. The van der Waals surface area contributed by atoms with Gasteiger partial charge in [0.2, 0.25) is 0 Å². The van der Waals surface area contributed by atoms with Crippen LogP contribution in [0.2, 0.25) is 0 Å². The summed E-state index contributed by atoms with van der Waals surface area (Å²) in [4.78, 5) is 0. The lowest BCUT2D eigenvalue weighted by Crippen LogP contribution is -2.09. The summed E-state index contributed by atoms with van der Waals surface area (Å²) in [6.45, 7) is 5.68. The predicted octanol–water partition coefficient (Wildman–Crippen LogP) is 4.73. The minimum atomic E-state index is 0.241. The van der Waals surface area contributed by atoms with Gasteiger partial charge in [-0.25, -0.2) is 0 Å². The van der Waals surface area contributed by atoms with Gasteiger partial charge >= 0.3 is 0 Å². The van der Waals surface area contributed by atoms with Crippen LogP contribution in [-0.2, 0) is 9.47 Å². The first-order valence-corrected chi connectivity index (χ1v) is 7.84. The summed E-state index contributed by atoms with van der Waals surface area (Å²) in [5.41, 5.74) is 1.19. The SMILES string of the molecule is COCCOCOc1cc2ccc(Br)cc2cc1C(C)C. The number of hydrogen-bond acceptors (Lipinski definition) is 3. The molecule has 0 radical (unpaired) electrons. The fourth-order valence-electron chi connectivity index (χ4n) is 2.15. The molecule has 2 rings (SSSR count). The van der Waals surface area contributed by atoms with Gasteiger partial charge in [-0.05, 0) is 46.5 Å². The maximum atomic E-state index is 5.79. The van der Waals surface area contributed by atoms with Gasteiger partial charge in [-0.1, -0.05) is 35.8 Å². The van der Waals surface area contributed by atoms with E-state index >= 15 is 0 Å². The van der Waals surface area contributed by atoms with E-state index in [9.17, 15) is 0 Å². The third-order valence-electron chi connectivity index (χ3n) is 3.28. The van der Waals surface area contributed by atoms with Crippen LogP contribution in [0.4, 0.5) is 0 Å². The fraction of sp³-hybridized carbons (Fsp3) is 0.412. The first kappa shape index (κ1) is 16.3. The molecule has 0 saturated carbocycles. The van der Waals surface area contributed by atoms with Gasteiger partial charge in [-0.2, -0.15) is 0 Å². The van der Waals surface area contributed by atoms with Crippen molar-refractivity contribution in [1.82, 2.24) is 0 Å². The van der Waals surface area contributed by atoms with E-state index in [1.807, 2.05) is 6.07 Å². The van der Waals surface area contributed by atoms with E-state index in [1.165, 1.54) is 10.9 Å². The van der Waals surface area contributed by atoms with Crippen molar-refractivity contribution in [3.63, 3.8) is 0 Å². The Hall–Kier alpha value is -1.10. The van der Waals surface area contributed by atoms with Crippen molar-refractivity contribution in [2.75, 3.05) is 27.1 Å². The topological polar surface area (TPSA) is 27.7 Å². The number of halogens is 1. The summed E-state index contributed by atoms with van der Waals surface area (Å²) >= 11 is 3.52. The number of rotatable bonds is 7. The van der Waals surface area contributed by atoms with Crippen LogP contribution in [0.1, 0.15) is 25.3 Å². The largest absolute Gasteiger partial charge is 0.467 e. The molecular formula is C17H21BrO3. The van der Waals surface area contributed by atoms with E-state index in [4.69, 9.17) is 14.2 Å². The Balaban J connectivity index is 2.20. The molecule has 0 aliphatic carbocycles. The summed E-state index contributed by atoms with van der Waals surface area (Å²) in [6.07, 6.45) is 0. The van der Waals surface area contributed by atoms with Gasteiger partial charge in [0.15, 0.2) is 6.79 Å². The summed E-state index contributed by atoms with van der Waals surface area (Å²) in [5.74, 6) is 1.28. The van der Waals surface area contributed by atoms with Crippen LogP contribution in [0.3, 0.4) is 0 Å². The third kappa shape index (κ3) is 4.43.